The smallest absolute Gasteiger partial charge is 0.421 e. The number of halogens is 5. The van der Waals surface area contributed by atoms with Crippen molar-refractivity contribution in [3.8, 4) is 16.9 Å². The number of alkyl halides is 3. The molecular weight excluding hydrogens is 491 g/mol. The van der Waals surface area contributed by atoms with E-state index in [-0.39, 0.29) is 16.7 Å². The first-order chi connectivity index (χ1) is 17.4. The molecule has 1 saturated heterocycles. The first kappa shape index (κ1) is 25.6. The van der Waals surface area contributed by atoms with Gasteiger partial charge in [-0.3, -0.25) is 9.88 Å². The molecule has 37 heavy (non-hydrogen) atoms. The third-order valence-corrected chi connectivity index (χ3v) is 7.56. The van der Waals surface area contributed by atoms with Gasteiger partial charge in [-0.1, -0.05) is 24.3 Å². The van der Waals surface area contributed by atoms with Gasteiger partial charge in [0.05, 0.1) is 11.3 Å². The topological polar surface area (TPSA) is 45.6 Å². The largest absolute Gasteiger partial charge is 0.485 e. The van der Waals surface area contributed by atoms with Crippen LogP contribution in [-0.2, 0) is 18.6 Å². The molecule has 2 aromatic carbocycles. The summed E-state index contributed by atoms with van der Waals surface area (Å²) in [7, 11) is 0. The molecule has 3 aromatic rings. The second-order valence-electron chi connectivity index (χ2n) is 10.2. The van der Waals surface area contributed by atoms with Crippen molar-refractivity contribution >= 4 is 0 Å². The van der Waals surface area contributed by atoms with Crippen LogP contribution in [0.1, 0.15) is 42.1 Å². The predicted octanol–water partition coefficient (Wildman–Crippen LogP) is 6.07. The molecule has 1 unspecified atom stereocenters. The third-order valence-electron chi connectivity index (χ3n) is 7.56. The van der Waals surface area contributed by atoms with Crippen molar-refractivity contribution in [1.82, 2.24) is 9.88 Å². The normalized spacial score (nSPS) is 18.9. The SMILES string of the molecule is Cc1nccc2c1OC1(CCN(Cc3cc(F)c(-c4ccc(C(C)(O)C(F)(F)F)cc4)c(F)c3)CC1)C2. The quantitative estimate of drug-likeness (QED) is 0.426. The van der Waals surface area contributed by atoms with Gasteiger partial charge < -0.3 is 9.84 Å². The lowest BCUT2D eigenvalue weighted by atomic mass is 9.87. The molecule has 0 bridgehead atoms. The summed E-state index contributed by atoms with van der Waals surface area (Å²) in [5.74, 6) is -0.724. The number of piperidine rings is 1. The lowest BCUT2D eigenvalue weighted by Gasteiger charge is -2.38. The number of hydrogen-bond acceptors (Lipinski definition) is 4. The van der Waals surface area contributed by atoms with E-state index >= 15 is 0 Å². The lowest BCUT2D eigenvalue weighted by Crippen LogP contribution is -2.47. The minimum absolute atomic E-state index is 0.0888. The second-order valence-corrected chi connectivity index (χ2v) is 10.2. The summed E-state index contributed by atoms with van der Waals surface area (Å²) in [5, 5.41) is 9.82. The van der Waals surface area contributed by atoms with Crippen molar-refractivity contribution in [2.75, 3.05) is 13.1 Å². The Morgan fingerprint density at radius 1 is 1.03 bits per heavy atom. The van der Waals surface area contributed by atoms with Crippen LogP contribution in [0.4, 0.5) is 22.0 Å². The van der Waals surface area contributed by atoms with Crippen molar-refractivity contribution in [1.29, 1.82) is 0 Å². The number of nitrogens with zero attached hydrogens (tertiary/aromatic N) is 2. The maximum absolute atomic E-state index is 15.0. The van der Waals surface area contributed by atoms with Gasteiger partial charge in [0.15, 0.2) is 5.60 Å². The Hall–Kier alpha value is -3.04. The van der Waals surface area contributed by atoms with Crippen LogP contribution in [0.15, 0.2) is 48.7 Å². The first-order valence-electron chi connectivity index (χ1n) is 12.1. The zero-order valence-corrected chi connectivity index (χ0v) is 20.5. The van der Waals surface area contributed by atoms with Gasteiger partial charge in [-0.15, -0.1) is 0 Å². The maximum Gasteiger partial charge on any atom is 0.421 e. The summed E-state index contributed by atoms with van der Waals surface area (Å²) in [6.07, 6.45) is -0.686. The first-order valence-corrected chi connectivity index (χ1v) is 12.1. The van der Waals surface area contributed by atoms with E-state index in [2.05, 4.69) is 9.88 Å². The fourth-order valence-corrected chi connectivity index (χ4v) is 5.26. The fourth-order valence-electron chi connectivity index (χ4n) is 5.26. The number of likely N-dealkylation sites (tertiary alicyclic amines) is 1. The fraction of sp³-hybridized carbons (Fsp3) is 0.393. The van der Waals surface area contributed by atoms with E-state index in [0.29, 0.717) is 32.1 Å². The molecule has 1 aromatic heterocycles. The average molecular weight is 519 g/mol. The summed E-state index contributed by atoms with van der Waals surface area (Å²) in [6.45, 7) is 4.36. The Kier molecular flexibility index (Phi) is 6.27. The summed E-state index contributed by atoms with van der Waals surface area (Å²) in [4.78, 5) is 6.44. The van der Waals surface area contributed by atoms with Crippen LogP contribution < -0.4 is 4.74 Å². The molecule has 2 aliphatic rings. The summed E-state index contributed by atoms with van der Waals surface area (Å²) < 4.78 is 75.6. The van der Waals surface area contributed by atoms with E-state index in [1.54, 1.807) is 6.20 Å². The van der Waals surface area contributed by atoms with Crippen LogP contribution in [0.3, 0.4) is 0 Å². The number of aryl methyl sites for hydroxylation is 1. The van der Waals surface area contributed by atoms with Crippen molar-refractivity contribution < 1.29 is 31.8 Å². The molecule has 2 aliphatic heterocycles. The van der Waals surface area contributed by atoms with Crippen molar-refractivity contribution in [2.24, 2.45) is 0 Å². The van der Waals surface area contributed by atoms with Crippen LogP contribution in [0.5, 0.6) is 5.75 Å². The van der Waals surface area contributed by atoms with Crippen molar-refractivity contribution in [3.05, 3.63) is 82.7 Å². The summed E-state index contributed by atoms with van der Waals surface area (Å²) >= 11 is 0. The molecule has 196 valence electrons. The van der Waals surface area contributed by atoms with Crippen LogP contribution in [0.2, 0.25) is 0 Å². The van der Waals surface area contributed by atoms with E-state index < -0.39 is 29.0 Å². The Morgan fingerprint density at radius 2 is 1.65 bits per heavy atom. The molecule has 1 atom stereocenters. The lowest BCUT2D eigenvalue weighted by molar-refractivity contribution is -0.258. The van der Waals surface area contributed by atoms with Gasteiger partial charge in [0.2, 0.25) is 0 Å². The molecule has 0 aliphatic carbocycles. The maximum atomic E-state index is 15.0. The minimum atomic E-state index is -4.88. The monoisotopic (exact) mass is 518 g/mol. The number of aromatic nitrogens is 1. The van der Waals surface area contributed by atoms with Crippen LogP contribution in [-0.4, -0.2) is 39.9 Å². The van der Waals surface area contributed by atoms with Crippen LogP contribution in [0, 0.1) is 18.6 Å². The Labute approximate surface area is 211 Å². The Balaban J connectivity index is 1.27. The second kappa shape index (κ2) is 9.06. The van der Waals surface area contributed by atoms with Crippen molar-refractivity contribution in [3.63, 3.8) is 0 Å². The Bertz CT molecular complexity index is 1290. The highest BCUT2D eigenvalue weighted by Crippen LogP contribution is 2.43. The molecule has 0 radical (unpaired) electrons. The molecule has 1 fully saturated rings. The van der Waals surface area contributed by atoms with Crippen LogP contribution in [0.25, 0.3) is 11.1 Å². The molecule has 9 heteroatoms. The number of fused-ring (bicyclic) bond motifs is 1. The number of hydrogen-bond donors (Lipinski definition) is 1. The van der Waals surface area contributed by atoms with E-state index in [0.717, 1.165) is 48.4 Å². The zero-order chi connectivity index (χ0) is 26.6. The van der Waals surface area contributed by atoms with Gasteiger partial charge in [-0.05, 0) is 48.7 Å². The van der Waals surface area contributed by atoms with Crippen LogP contribution >= 0.6 is 0 Å². The molecule has 1 spiro atoms. The summed E-state index contributed by atoms with van der Waals surface area (Å²) in [5.41, 5.74) is -1.46. The molecule has 0 amide bonds. The molecule has 4 nitrogen and oxygen atoms in total. The number of pyridine rings is 1. The number of aliphatic hydroxyl groups is 1. The highest BCUT2D eigenvalue weighted by atomic mass is 19.4. The molecule has 1 N–H and O–H groups in total. The van der Waals surface area contributed by atoms with Gasteiger partial charge >= 0.3 is 6.18 Å². The van der Waals surface area contributed by atoms with Gasteiger partial charge in [0.25, 0.3) is 0 Å². The molecule has 0 saturated carbocycles. The zero-order valence-electron chi connectivity index (χ0n) is 20.5. The number of rotatable bonds is 4. The molecular formula is C28H27F5N2O2. The minimum Gasteiger partial charge on any atom is -0.485 e. The standard InChI is InChI=1S/C28H27F5N2O2/c1-17-25-20(7-10-34-17)15-27(37-25)8-11-35(12-9-27)16-18-13-22(29)24(23(30)14-18)19-3-5-21(6-4-19)26(2,36)28(31,32)33/h3-7,10,13-14,36H,8-9,11-12,15-16H2,1-2H3. The molecule has 5 rings (SSSR count). The average Bonchev–Trinajstić information content (AvgIpc) is 3.19. The van der Waals surface area contributed by atoms with Gasteiger partial charge in [-0.2, -0.15) is 13.2 Å². The highest BCUT2D eigenvalue weighted by Gasteiger charge is 2.51. The third kappa shape index (κ3) is 4.70. The summed E-state index contributed by atoms with van der Waals surface area (Å²) in [6, 6.07) is 8.93. The number of ether oxygens (including phenoxy) is 1. The van der Waals surface area contributed by atoms with Crippen molar-refractivity contribution in [2.45, 2.75) is 57.0 Å². The number of benzene rings is 2. The van der Waals surface area contributed by atoms with Gasteiger partial charge in [-0.25, -0.2) is 8.78 Å². The van der Waals surface area contributed by atoms with E-state index in [1.165, 1.54) is 24.3 Å². The van der Waals surface area contributed by atoms with E-state index in [1.807, 2.05) is 13.0 Å². The van der Waals surface area contributed by atoms with Gasteiger partial charge in [0.1, 0.15) is 23.0 Å². The highest BCUT2D eigenvalue weighted by molar-refractivity contribution is 5.66. The van der Waals surface area contributed by atoms with E-state index in [4.69, 9.17) is 4.74 Å². The van der Waals surface area contributed by atoms with Gasteiger partial charge in [0, 0.05) is 50.7 Å². The Morgan fingerprint density at radius 3 is 2.22 bits per heavy atom. The predicted molar refractivity (Wildman–Crippen MR) is 128 cm³/mol. The molecule has 3 heterocycles. The van der Waals surface area contributed by atoms with E-state index in [9.17, 15) is 27.1 Å².